The minimum atomic E-state index is -0.817. The fraction of sp³-hybridized carbons (Fsp3) is 0.720. The van der Waals surface area contributed by atoms with Gasteiger partial charge in [0.15, 0.2) is 6.10 Å². The van der Waals surface area contributed by atoms with Crippen LogP contribution in [0.4, 0.5) is 0 Å². The van der Waals surface area contributed by atoms with Gasteiger partial charge in [-0.25, -0.2) is 0 Å². The molecule has 0 rings (SSSR count). The predicted octanol–water partition coefficient (Wildman–Crippen LogP) is 23.8. The molecule has 0 aliphatic carbocycles. The normalized spacial score (nSPS) is 12.8. The molecule has 0 aromatic rings. The minimum absolute atomic E-state index is 0.104. The molecular weight excluding hydrogens is 997 g/mol. The summed E-state index contributed by atoms with van der Waals surface area (Å²) < 4.78 is 16.9. The highest BCUT2D eigenvalue weighted by Gasteiger charge is 2.19. The molecule has 6 heteroatoms. The fourth-order valence-electron chi connectivity index (χ4n) is 9.64. The van der Waals surface area contributed by atoms with Crippen LogP contribution in [0, 0.1) is 0 Å². The summed E-state index contributed by atoms with van der Waals surface area (Å²) in [7, 11) is 0. The number of carbonyl (C=O) groups is 3. The molecule has 0 amide bonds. The van der Waals surface area contributed by atoms with Crippen molar-refractivity contribution in [1.82, 2.24) is 0 Å². The Kier molecular flexibility index (Phi) is 65.2. The van der Waals surface area contributed by atoms with Gasteiger partial charge in [0.25, 0.3) is 0 Å². The first-order chi connectivity index (χ1) is 40.0. The van der Waals surface area contributed by atoms with Crippen LogP contribution in [0.15, 0.2) is 109 Å². The highest BCUT2D eigenvalue weighted by atomic mass is 16.6. The van der Waals surface area contributed by atoms with E-state index in [1.165, 1.54) is 167 Å². The predicted molar refractivity (Wildman–Crippen MR) is 353 cm³/mol. The third-order valence-electron chi connectivity index (χ3n) is 14.8. The Morgan fingerprint density at radius 1 is 0.259 bits per heavy atom. The molecule has 6 nitrogen and oxygen atoms in total. The van der Waals surface area contributed by atoms with Gasteiger partial charge in [-0.05, 0) is 103 Å². The molecule has 0 saturated heterocycles. The van der Waals surface area contributed by atoms with Gasteiger partial charge >= 0.3 is 17.9 Å². The third kappa shape index (κ3) is 66.8. The molecule has 0 radical (unpaired) electrons. The minimum Gasteiger partial charge on any atom is -0.462 e. The van der Waals surface area contributed by atoms with Crippen LogP contribution in [0.1, 0.15) is 329 Å². The van der Waals surface area contributed by atoms with Gasteiger partial charge in [-0.3, -0.25) is 14.4 Å². The molecule has 1 unspecified atom stereocenters. The molecule has 81 heavy (non-hydrogen) atoms. The van der Waals surface area contributed by atoms with Crippen molar-refractivity contribution in [2.45, 2.75) is 335 Å². The molecule has 0 fully saturated rings. The van der Waals surface area contributed by atoms with Crippen LogP contribution < -0.4 is 0 Å². The van der Waals surface area contributed by atoms with E-state index in [0.717, 1.165) is 116 Å². The SMILES string of the molecule is CC/C=C\C/C=C\C/C=C\C/C=C\C/C=C\C/C=C\C/C=C\CCCC(=O)OC(COC(=O)CCCCCCC/C=C\C/C=C\CCCCC)COC(=O)CCCCCCCCCCCCCCCCCCCCCCCCCCC. The number of rotatable bonds is 62. The number of allylic oxidation sites excluding steroid dienone is 18. The third-order valence-corrected chi connectivity index (χ3v) is 14.8. The van der Waals surface area contributed by atoms with Gasteiger partial charge in [0.2, 0.25) is 0 Å². The lowest BCUT2D eigenvalue weighted by molar-refractivity contribution is -0.167. The van der Waals surface area contributed by atoms with Gasteiger partial charge in [0.1, 0.15) is 13.2 Å². The summed E-state index contributed by atoms with van der Waals surface area (Å²) in [6.45, 7) is 6.48. The maximum absolute atomic E-state index is 12.9. The second-order valence-corrected chi connectivity index (χ2v) is 22.7. The van der Waals surface area contributed by atoms with E-state index in [1.807, 2.05) is 0 Å². The summed E-state index contributed by atoms with van der Waals surface area (Å²) in [5, 5.41) is 0. The standard InChI is InChI=1S/C75H128O6/c1-4-7-10-13-16-19-22-25-28-30-32-34-36-37-39-40-42-44-47-50-53-56-59-62-65-68-74(77)80-71-72(70-79-73(76)67-64-61-58-55-52-49-46-27-24-21-18-15-12-9-6-3)81-75(78)69-66-63-60-57-54-51-48-45-43-41-38-35-33-31-29-26-23-20-17-14-11-8-5-2/h8,11,17-18,20-21,26-27,29,33,35,41,43,46,48,51,57,60,72H,4-7,9-10,12-16,19,22-25,28,30-32,34,36-40,42,44-45,47,49-50,52-56,58-59,61-71H2,1-3H3/b11-8-,20-17-,21-18-,29-26-,35-33-,43-41-,46-27-,51-48-,60-57-. The molecule has 0 aromatic heterocycles. The first kappa shape index (κ1) is 77.1. The fourth-order valence-corrected chi connectivity index (χ4v) is 9.64. The van der Waals surface area contributed by atoms with Crippen molar-refractivity contribution in [2.75, 3.05) is 13.2 Å². The van der Waals surface area contributed by atoms with Gasteiger partial charge in [-0.1, -0.05) is 316 Å². The second kappa shape index (κ2) is 68.6. The van der Waals surface area contributed by atoms with Gasteiger partial charge in [0.05, 0.1) is 0 Å². The van der Waals surface area contributed by atoms with E-state index in [-0.39, 0.29) is 37.5 Å². The Labute approximate surface area is 501 Å². The zero-order chi connectivity index (χ0) is 58.5. The van der Waals surface area contributed by atoms with Crippen LogP contribution in [-0.2, 0) is 28.6 Å². The van der Waals surface area contributed by atoms with Crippen LogP contribution in [0.2, 0.25) is 0 Å². The quantitative estimate of drug-likeness (QED) is 0.0261. The first-order valence-corrected chi connectivity index (χ1v) is 34.4. The summed E-state index contributed by atoms with van der Waals surface area (Å²) in [5.41, 5.74) is 0. The van der Waals surface area contributed by atoms with Crippen molar-refractivity contribution < 1.29 is 28.6 Å². The molecule has 464 valence electrons. The molecule has 0 saturated carbocycles. The maximum Gasteiger partial charge on any atom is 0.306 e. The monoisotopic (exact) mass is 1120 g/mol. The number of ether oxygens (including phenoxy) is 3. The summed E-state index contributed by atoms with van der Waals surface area (Å²) in [6, 6.07) is 0. The van der Waals surface area contributed by atoms with Crippen LogP contribution in [0.25, 0.3) is 0 Å². The van der Waals surface area contributed by atoms with Gasteiger partial charge in [0, 0.05) is 19.3 Å². The summed E-state index contributed by atoms with van der Waals surface area (Å²) in [6.07, 6.45) is 94.0. The van der Waals surface area contributed by atoms with E-state index in [1.54, 1.807) is 0 Å². The Bertz CT molecular complexity index is 1620. The van der Waals surface area contributed by atoms with Crippen molar-refractivity contribution in [2.24, 2.45) is 0 Å². The lowest BCUT2D eigenvalue weighted by Crippen LogP contribution is -2.30. The lowest BCUT2D eigenvalue weighted by atomic mass is 10.0. The van der Waals surface area contributed by atoms with Crippen LogP contribution in [0.3, 0.4) is 0 Å². The van der Waals surface area contributed by atoms with Crippen LogP contribution in [0.5, 0.6) is 0 Å². The zero-order valence-corrected chi connectivity index (χ0v) is 53.3. The largest absolute Gasteiger partial charge is 0.462 e. The van der Waals surface area contributed by atoms with Gasteiger partial charge in [-0.2, -0.15) is 0 Å². The zero-order valence-electron chi connectivity index (χ0n) is 53.3. The molecule has 0 spiro atoms. The summed E-state index contributed by atoms with van der Waals surface area (Å²) in [4.78, 5) is 38.4. The maximum atomic E-state index is 12.9. The van der Waals surface area contributed by atoms with E-state index in [9.17, 15) is 14.4 Å². The van der Waals surface area contributed by atoms with Crippen LogP contribution >= 0.6 is 0 Å². The Hall–Kier alpha value is -3.93. The van der Waals surface area contributed by atoms with Crippen molar-refractivity contribution in [3.05, 3.63) is 109 Å². The number of hydrogen-bond acceptors (Lipinski definition) is 6. The highest BCUT2D eigenvalue weighted by Crippen LogP contribution is 2.17. The van der Waals surface area contributed by atoms with Gasteiger partial charge in [-0.15, -0.1) is 0 Å². The highest BCUT2D eigenvalue weighted by molar-refractivity contribution is 5.71. The molecule has 0 N–H and O–H groups in total. The van der Waals surface area contributed by atoms with E-state index in [4.69, 9.17) is 14.2 Å². The van der Waals surface area contributed by atoms with Crippen molar-refractivity contribution in [3.63, 3.8) is 0 Å². The van der Waals surface area contributed by atoms with Crippen molar-refractivity contribution in [1.29, 1.82) is 0 Å². The first-order valence-electron chi connectivity index (χ1n) is 34.4. The van der Waals surface area contributed by atoms with Crippen LogP contribution in [-0.4, -0.2) is 37.2 Å². The summed E-state index contributed by atoms with van der Waals surface area (Å²) >= 11 is 0. The molecule has 1 atom stereocenters. The summed E-state index contributed by atoms with van der Waals surface area (Å²) in [5.74, 6) is -0.967. The number of hydrogen-bond donors (Lipinski definition) is 0. The lowest BCUT2D eigenvalue weighted by Gasteiger charge is -2.18. The van der Waals surface area contributed by atoms with E-state index in [2.05, 4.69) is 130 Å². The molecule has 0 aliphatic rings. The number of esters is 3. The average Bonchev–Trinajstić information content (AvgIpc) is 3.47. The van der Waals surface area contributed by atoms with E-state index < -0.39 is 6.10 Å². The Balaban J connectivity index is 4.42. The topological polar surface area (TPSA) is 78.9 Å². The second-order valence-electron chi connectivity index (χ2n) is 22.7. The van der Waals surface area contributed by atoms with Crippen molar-refractivity contribution >= 4 is 17.9 Å². The number of carbonyl (C=O) groups excluding carboxylic acids is 3. The molecule has 0 aliphatic heterocycles. The molecular formula is C75H128O6. The smallest absolute Gasteiger partial charge is 0.306 e. The van der Waals surface area contributed by atoms with Gasteiger partial charge < -0.3 is 14.2 Å². The van der Waals surface area contributed by atoms with E-state index in [0.29, 0.717) is 19.3 Å². The molecule has 0 bridgehead atoms. The average molecular weight is 1130 g/mol. The molecule has 0 heterocycles. The Morgan fingerprint density at radius 2 is 0.494 bits per heavy atom. The Morgan fingerprint density at radius 3 is 0.815 bits per heavy atom. The molecule has 0 aromatic carbocycles. The van der Waals surface area contributed by atoms with E-state index >= 15 is 0 Å². The van der Waals surface area contributed by atoms with Crippen molar-refractivity contribution in [3.8, 4) is 0 Å². The number of unbranched alkanes of at least 4 members (excludes halogenated alkanes) is 33.